The zero-order chi connectivity index (χ0) is 11.9. The Morgan fingerprint density at radius 1 is 1.36 bits per heavy atom. The molecule has 0 rings (SSSR count). The zero-order valence-corrected chi connectivity index (χ0v) is 9.26. The van der Waals surface area contributed by atoms with Crippen molar-refractivity contribution in [3.05, 3.63) is 23.1 Å². The number of amides is 1. The number of carbonyl (C=O) groups is 1. The highest BCUT2D eigenvalue weighted by Gasteiger charge is 1.94. The summed E-state index contributed by atoms with van der Waals surface area (Å²) in [5.41, 5.74) is 5.66. The lowest BCUT2D eigenvalue weighted by Crippen LogP contribution is -2.10. The summed E-state index contributed by atoms with van der Waals surface area (Å²) in [4.78, 5) is 9.82. The highest BCUT2D eigenvalue weighted by atomic mass is 32.2. The van der Waals surface area contributed by atoms with Gasteiger partial charge in [0.15, 0.2) is 0 Å². The molecule has 0 aromatic heterocycles. The Morgan fingerprint density at radius 2 is 1.64 bits per heavy atom. The van der Waals surface area contributed by atoms with Gasteiger partial charge in [-0.05, 0) is 20.8 Å². The van der Waals surface area contributed by atoms with Crippen molar-refractivity contribution in [2.75, 3.05) is 0 Å². The van der Waals surface area contributed by atoms with Crippen LogP contribution in [-0.2, 0) is 14.9 Å². The fraction of sp³-hybridized carbons (Fsp3) is 0.375. The third kappa shape index (κ3) is 17.1. The quantitative estimate of drug-likeness (QED) is 0.533. The summed E-state index contributed by atoms with van der Waals surface area (Å²) in [5.74, 6) is -0.435. The molecule has 0 saturated heterocycles. The van der Waals surface area contributed by atoms with Crippen LogP contribution in [0.5, 0.6) is 0 Å². The second-order valence-corrected chi connectivity index (χ2v) is 4.12. The van der Waals surface area contributed by atoms with Crippen LogP contribution in [0.15, 0.2) is 23.1 Å². The van der Waals surface area contributed by atoms with Crippen LogP contribution in [0.1, 0.15) is 20.8 Å². The van der Waals surface area contributed by atoms with E-state index in [0.29, 0.717) is 11.1 Å². The molecule has 0 aliphatic heterocycles. The van der Waals surface area contributed by atoms with Gasteiger partial charge in [0, 0.05) is 5.57 Å². The van der Waals surface area contributed by atoms with E-state index in [-0.39, 0.29) is 0 Å². The molecule has 0 aliphatic carbocycles. The predicted molar refractivity (Wildman–Crippen MR) is 55.0 cm³/mol. The van der Waals surface area contributed by atoms with Crippen LogP contribution in [0.4, 0.5) is 0 Å². The Morgan fingerprint density at radius 3 is 1.64 bits per heavy atom. The second kappa shape index (κ2) is 6.33. The number of allylic oxidation sites excluding steroid dienone is 1. The molecular formula is C8H15NO4S. The SMILES string of the molecule is C=C(C)C(N)=O.CC(C)=CS(=O)(=O)O. The van der Waals surface area contributed by atoms with Crippen molar-refractivity contribution in [3.63, 3.8) is 0 Å². The van der Waals surface area contributed by atoms with Gasteiger partial charge >= 0.3 is 0 Å². The van der Waals surface area contributed by atoms with Gasteiger partial charge in [-0.15, -0.1) is 0 Å². The normalized spacial score (nSPS) is 9.43. The molecule has 0 unspecified atom stereocenters. The Kier molecular flexibility index (Phi) is 6.94. The molecule has 1 amide bonds. The van der Waals surface area contributed by atoms with Crippen LogP contribution in [0.25, 0.3) is 0 Å². The van der Waals surface area contributed by atoms with Crippen molar-refractivity contribution in [2.24, 2.45) is 5.73 Å². The molecule has 3 N–H and O–H groups in total. The van der Waals surface area contributed by atoms with E-state index in [9.17, 15) is 13.2 Å². The first-order valence-electron chi connectivity index (χ1n) is 3.64. The van der Waals surface area contributed by atoms with Crippen LogP contribution >= 0.6 is 0 Å². The number of hydrogen-bond donors (Lipinski definition) is 2. The minimum atomic E-state index is -3.89. The van der Waals surface area contributed by atoms with E-state index in [4.69, 9.17) is 10.3 Å². The first kappa shape index (κ1) is 15.3. The number of carbonyl (C=O) groups excluding carboxylic acids is 1. The summed E-state index contributed by atoms with van der Waals surface area (Å²) >= 11 is 0. The molecule has 0 atom stereocenters. The monoisotopic (exact) mass is 221 g/mol. The molecule has 0 spiro atoms. The van der Waals surface area contributed by atoms with E-state index in [0.717, 1.165) is 5.41 Å². The smallest absolute Gasteiger partial charge is 0.287 e. The highest BCUT2D eigenvalue weighted by molar-refractivity contribution is 7.88. The minimum Gasteiger partial charge on any atom is -0.366 e. The van der Waals surface area contributed by atoms with Gasteiger partial charge in [-0.25, -0.2) is 0 Å². The fourth-order valence-corrected chi connectivity index (χ4v) is 0.894. The Labute approximate surface area is 84.1 Å². The standard InChI is InChI=1S/C4H7NO.C4H8O3S/c1-3(2)4(5)6;1-4(2)3-8(5,6)7/h1H2,2H3,(H2,5,6);3H,1-2H3,(H,5,6,7). The average Bonchev–Trinajstić information content (AvgIpc) is 1.81. The third-order valence-corrected chi connectivity index (χ3v) is 1.57. The maximum atomic E-state index is 9.92. The van der Waals surface area contributed by atoms with E-state index in [1.165, 1.54) is 0 Å². The average molecular weight is 221 g/mol. The molecule has 0 aliphatic rings. The number of nitrogens with two attached hydrogens (primary N) is 1. The molecule has 0 radical (unpaired) electrons. The minimum absolute atomic E-state index is 0.398. The second-order valence-electron chi connectivity index (χ2n) is 2.85. The molecule has 14 heavy (non-hydrogen) atoms. The van der Waals surface area contributed by atoms with Crippen molar-refractivity contribution in [1.29, 1.82) is 0 Å². The molecule has 0 aromatic carbocycles. The van der Waals surface area contributed by atoms with E-state index in [1.54, 1.807) is 20.8 Å². The topological polar surface area (TPSA) is 97.5 Å². The summed E-state index contributed by atoms with van der Waals surface area (Å²) in [6, 6.07) is 0. The largest absolute Gasteiger partial charge is 0.366 e. The molecule has 5 nitrogen and oxygen atoms in total. The van der Waals surface area contributed by atoms with Crippen molar-refractivity contribution in [2.45, 2.75) is 20.8 Å². The molecule has 82 valence electrons. The van der Waals surface area contributed by atoms with Crippen molar-refractivity contribution >= 4 is 16.0 Å². The van der Waals surface area contributed by atoms with Gasteiger partial charge < -0.3 is 5.73 Å². The first-order valence-corrected chi connectivity index (χ1v) is 5.14. The van der Waals surface area contributed by atoms with Crippen LogP contribution in [0.2, 0.25) is 0 Å². The van der Waals surface area contributed by atoms with Gasteiger partial charge in [0.2, 0.25) is 5.91 Å². The van der Waals surface area contributed by atoms with Crippen molar-refractivity contribution in [1.82, 2.24) is 0 Å². The lowest BCUT2D eigenvalue weighted by atomic mass is 10.3. The van der Waals surface area contributed by atoms with Crippen molar-refractivity contribution in [3.8, 4) is 0 Å². The number of primary amides is 1. The summed E-state index contributed by atoms with van der Waals surface area (Å²) in [6.07, 6.45) is 0. The molecule has 0 heterocycles. The lowest BCUT2D eigenvalue weighted by Gasteiger charge is -1.84. The number of hydrogen-bond acceptors (Lipinski definition) is 3. The fourth-order valence-electron chi connectivity index (χ4n) is 0.298. The zero-order valence-electron chi connectivity index (χ0n) is 8.44. The van der Waals surface area contributed by atoms with Crippen LogP contribution in [0.3, 0.4) is 0 Å². The Hall–Kier alpha value is -1.14. The summed E-state index contributed by atoms with van der Waals surface area (Å²) in [5, 5.41) is 0.799. The summed E-state index contributed by atoms with van der Waals surface area (Å²) in [6.45, 7) is 8.03. The van der Waals surface area contributed by atoms with Gasteiger partial charge in [0.05, 0.1) is 5.41 Å². The maximum absolute atomic E-state index is 9.92. The molecule has 0 fully saturated rings. The lowest BCUT2D eigenvalue weighted by molar-refractivity contribution is -0.114. The summed E-state index contributed by atoms with van der Waals surface area (Å²) < 4.78 is 27.9. The van der Waals surface area contributed by atoms with Crippen LogP contribution in [0, 0.1) is 0 Å². The molecule has 0 bridgehead atoms. The Balaban J connectivity index is 0. The number of rotatable bonds is 2. The van der Waals surface area contributed by atoms with Gasteiger partial charge in [-0.3, -0.25) is 9.35 Å². The molecule has 0 saturated carbocycles. The van der Waals surface area contributed by atoms with Gasteiger partial charge in [0.1, 0.15) is 0 Å². The predicted octanol–water partition coefficient (Wildman–Crippen LogP) is 0.846. The van der Waals surface area contributed by atoms with Gasteiger partial charge in [-0.2, -0.15) is 8.42 Å². The van der Waals surface area contributed by atoms with Crippen molar-refractivity contribution < 1.29 is 17.8 Å². The van der Waals surface area contributed by atoms with Gasteiger partial charge in [0.25, 0.3) is 10.1 Å². The molecule has 6 heteroatoms. The first-order chi connectivity index (χ1) is 6.06. The van der Waals surface area contributed by atoms with Crippen LogP contribution in [-0.4, -0.2) is 18.9 Å². The van der Waals surface area contributed by atoms with Gasteiger partial charge in [-0.1, -0.05) is 12.2 Å². The van der Waals surface area contributed by atoms with E-state index in [2.05, 4.69) is 6.58 Å². The van der Waals surface area contributed by atoms with E-state index >= 15 is 0 Å². The van der Waals surface area contributed by atoms with Crippen LogP contribution < -0.4 is 5.73 Å². The highest BCUT2D eigenvalue weighted by Crippen LogP contribution is 1.92. The molecule has 0 aromatic rings. The van der Waals surface area contributed by atoms with E-state index < -0.39 is 16.0 Å². The Bertz CT molecular complexity index is 324. The summed E-state index contributed by atoms with van der Waals surface area (Å²) in [7, 11) is -3.89. The molecular weight excluding hydrogens is 206 g/mol. The van der Waals surface area contributed by atoms with E-state index in [1.807, 2.05) is 0 Å². The third-order valence-electron chi connectivity index (χ3n) is 0.805. The maximum Gasteiger partial charge on any atom is 0.287 e.